The first kappa shape index (κ1) is 15.5. The third-order valence-electron chi connectivity index (χ3n) is 4.43. The lowest BCUT2D eigenvalue weighted by molar-refractivity contribution is 0.0899. The molecule has 1 amide bonds. The standard InChI is InChI=1S/C16H23BrN2O/c1-12-6-7-14(17)13(10-12)15(20)18-11-16(19(2)3)8-4-5-9-16/h6-7,10H,4-5,8-9,11H2,1-3H3,(H,18,20). The Kier molecular flexibility index (Phi) is 4.86. The predicted molar refractivity (Wildman–Crippen MR) is 86.1 cm³/mol. The molecule has 1 aliphatic carbocycles. The van der Waals surface area contributed by atoms with Crippen LogP contribution >= 0.6 is 15.9 Å². The van der Waals surface area contributed by atoms with Gasteiger partial charge in [0.1, 0.15) is 0 Å². The average molecular weight is 339 g/mol. The highest BCUT2D eigenvalue weighted by Gasteiger charge is 2.36. The van der Waals surface area contributed by atoms with Gasteiger partial charge in [0.15, 0.2) is 0 Å². The zero-order valence-electron chi connectivity index (χ0n) is 12.5. The van der Waals surface area contributed by atoms with Crippen molar-refractivity contribution in [3.05, 3.63) is 33.8 Å². The van der Waals surface area contributed by atoms with Crippen LogP contribution in [-0.2, 0) is 0 Å². The Morgan fingerprint density at radius 1 is 1.35 bits per heavy atom. The normalized spacial score (nSPS) is 17.4. The molecule has 0 saturated heterocycles. The molecule has 0 atom stereocenters. The van der Waals surface area contributed by atoms with Crippen LogP contribution in [0.2, 0.25) is 0 Å². The average Bonchev–Trinajstić information content (AvgIpc) is 2.89. The smallest absolute Gasteiger partial charge is 0.252 e. The van der Waals surface area contributed by atoms with Crippen LogP contribution < -0.4 is 5.32 Å². The summed E-state index contributed by atoms with van der Waals surface area (Å²) in [6.07, 6.45) is 4.83. The maximum atomic E-state index is 12.4. The van der Waals surface area contributed by atoms with Crippen molar-refractivity contribution in [1.82, 2.24) is 10.2 Å². The molecule has 0 heterocycles. The van der Waals surface area contributed by atoms with Crippen molar-refractivity contribution < 1.29 is 4.79 Å². The summed E-state index contributed by atoms with van der Waals surface area (Å²) in [4.78, 5) is 14.6. The molecule has 0 aliphatic heterocycles. The number of hydrogen-bond donors (Lipinski definition) is 1. The van der Waals surface area contributed by atoms with Gasteiger partial charge in [-0.3, -0.25) is 4.79 Å². The molecule has 1 fully saturated rings. The number of aryl methyl sites for hydroxylation is 1. The first-order valence-corrected chi connectivity index (χ1v) is 7.96. The summed E-state index contributed by atoms with van der Waals surface area (Å²) in [5, 5.41) is 3.12. The van der Waals surface area contributed by atoms with Gasteiger partial charge in [-0.15, -0.1) is 0 Å². The summed E-state index contributed by atoms with van der Waals surface area (Å²) in [5.74, 6) is 0.00806. The minimum absolute atomic E-state index is 0.00806. The Hall–Kier alpha value is -0.870. The highest BCUT2D eigenvalue weighted by atomic mass is 79.9. The van der Waals surface area contributed by atoms with E-state index in [4.69, 9.17) is 0 Å². The van der Waals surface area contributed by atoms with Crippen LogP contribution in [0.4, 0.5) is 0 Å². The molecule has 0 unspecified atom stereocenters. The van der Waals surface area contributed by atoms with Gasteiger partial charge in [0.05, 0.1) is 5.56 Å². The lowest BCUT2D eigenvalue weighted by Gasteiger charge is -2.36. The number of nitrogens with one attached hydrogen (secondary N) is 1. The minimum atomic E-state index is 0.00806. The number of hydrogen-bond acceptors (Lipinski definition) is 2. The molecule has 20 heavy (non-hydrogen) atoms. The highest BCUT2D eigenvalue weighted by molar-refractivity contribution is 9.10. The summed E-state index contributed by atoms with van der Waals surface area (Å²) in [7, 11) is 4.22. The number of carbonyl (C=O) groups excluding carboxylic acids is 1. The topological polar surface area (TPSA) is 32.3 Å². The third kappa shape index (κ3) is 3.23. The Balaban J connectivity index is 2.06. The van der Waals surface area contributed by atoms with Crippen LogP contribution in [-0.4, -0.2) is 37.0 Å². The SMILES string of the molecule is Cc1ccc(Br)c(C(=O)NCC2(N(C)C)CCCC2)c1. The van der Waals surface area contributed by atoms with Crippen molar-refractivity contribution in [2.75, 3.05) is 20.6 Å². The van der Waals surface area contributed by atoms with E-state index in [-0.39, 0.29) is 11.4 Å². The van der Waals surface area contributed by atoms with Gasteiger partial charge in [-0.25, -0.2) is 0 Å². The monoisotopic (exact) mass is 338 g/mol. The van der Waals surface area contributed by atoms with Crippen molar-refractivity contribution in [3.63, 3.8) is 0 Å². The van der Waals surface area contributed by atoms with E-state index in [1.165, 1.54) is 12.8 Å². The van der Waals surface area contributed by atoms with E-state index in [9.17, 15) is 4.79 Å². The van der Waals surface area contributed by atoms with Crippen LogP contribution in [0.3, 0.4) is 0 Å². The van der Waals surface area contributed by atoms with Crippen molar-refractivity contribution in [3.8, 4) is 0 Å². The maximum Gasteiger partial charge on any atom is 0.252 e. The molecule has 1 N–H and O–H groups in total. The second kappa shape index (κ2) is 6.27. The van der Waals surface area contributed by atoms with E-state index < -0.39 is 0 Å². The number of likely N-dealkylation sites (N-methyl/N-ethyl adjacent to an activating group) is 1. The van der Waals surface area contributed by atoms with Gasteiger partial charge < -0.3 is 10.2 Å². The molecule has 4 heteroatoms. The first-order valence-electron chi connectivity index (χ1n) is 7.16. The van der Waals surface area contributed by atoms with Crippen LogP contribution in [0.15, 0.2) is 22.7 Å². The number of carbonyl (C=O) groups is 1. The maximum absolute atomic E-state index is 12.4. The number of nitrogens with zero attached hydrogens (tertiary/aromatic N) is 1. The fraction of sp³-hybridized carbons (Fsp3) is 0.562. The van der Waals surface area contributed by atoms with Crippen LogP contribution in [0.25, 0.3) is 0 Å². The molecule has 0 aromatic heterocycles. The summed E-state index contributed by atoms with van der Waals surface area (Å²) in [6, 6.07) is 5.86. The van der Waals surface area contributed by atoms with E-state index in [0.29, 0.717) is 0 Å². The Bertz CT molecular complexity index is 493. The van der Waals surface area contributed by atoms with Gasteiger partial charge in [-0.05, 0) is 61.9 Å². The minimum Gasteiger partial charge on any atom is -0.350 e. The fourth-order valence-electron chi connectivity index (χ4n) is 2.97. The molecule has 1 aromatic carbocycles. The molecule has 3 nitrogen and oxygen atoms in total. The largest absolute Gasteiger partial charge is 0.350 e. The second-order valence-corrected chi connectivity index (χ2v) is 6.85. The Morgan fingerprint density at radius 3 is 2.60 bits per heavy atom. The van der Waals surface area contributed by atoms with Gasteiger partial charge in [0.25, 0.3) is 5.91 Å². The molecular weight excluding hydrogens is 316 g/mol. The van der Waals surface area contributed by atoms with Gasteiger partial charge >= 0.3 is 0 Å². The van der Waals surface area contributed by atoms with Crippen molar-refractivity contribution in [1.29, 1.82) is 0 Å². The molecule has 1 saturated carbocycles. The fourth-order valence-corrected chi connectivity index (χ4v) is 3.40. The summed E-state index contributed by atoms with van der Waals surface area (Å²) in [6.45, 7) is 2.72. The Morgan fingerprint density at radius 2 is 2.00 bits per heavy atom. The van der Waals surface area contributed by atoms with Crippen molar-refractivity contribution in [2.45, 2.75) is 38.1 Å². The van der Waals surface area contributed by atoms with E-state index in [1.54, 1.807) is 0 Å². The molecular formula is C16H23BrN2O. The van der Waals surface area contributed by atoms with Gasteiger partial charge in [-0.2, -0.15) is 0 Å². The number of halogens is 1. The van der Waals surface area contributed by atoms with E-state index in [1.807, 2.05) is 25.1 Å². The molecule has 0 radical (unpaired) electrons. The number of benzene rings is 1. The highest BCUT2D eigenvalue weighted by Crippen LogP contribution is 2.33. The summed E-state index contributed by atoms with van der Waals surface area (Å²) >= 11 is 3.46. The molecule has 2 rings (SSSR count). The van der Waals surface area contributed by atoms with Crippen LogP contribution in [0.1, 0.15) is 41.6 Å². The molecule has 0 bridgehead atoms. The number of amides is 1. The van der Waals surface area contributed by atoms with E-state index in [0.717, 1.165) is 35.0 Å². The van der Waals surface area contributed by atoms with Gasteiger partial charge in [-0.1, -0.05) is 24.5 Å². The molecule has 0 spiro atoms. The molecule has 1 aromatic rings. The lowest BCUT2D eigenvalue weighted by atomic mass is 9.96. The zero-order valence-corrected chi connectivity index (χ0v) is 14.1. The number of rotatable bonds is 4. The lowest BCUT2D eigenvalue weighted by Crippen LogP contribution is -2.50. The van der Waals surface area contributed by atoms with Gasteiger partial charge in [0, 0.05) is 16.6 Å². The third-order valence-corrected chi connectivity index (χ3v) is 5.12. The van der Waals surface area contributed by atoms with Crippen molar-refractivity contribution >= 4 is 21.8 Å². The van der Waals surface area contributed by atoms with Gasteiger partial charge in [0.2, 0.25) is 0 Å². The quantitative estimate of drug-likeness (QED) is 0.912. The van der Waals surface area contributed by atoms with E-state index in [2.05, 4.69) is 40.2 Å². The first-order chi connectivity index (χ1) is 9.44. The summed E-state index contributed by atoms with van der Waals surface area (Å²) in [5.41, 5.74) is 1.95. The molecule has 1 aliphatic rings. The van der Waals surface area contributed by atoms with Crippen LogP contribution in [0, 0.1) is 6.92 Å². The van der Waals surface area contributed by atoms with E-state index >= 15 is 0 Å². The van der Waals surface area contributed by atoms with Crippen LogP contribution in [0.5, 0.6) is 0 Å². The Labute approximate surface area is 129 Å². The predicted octanol–water partition coefficient (Wildman–Crippen LogP) is 3.36. The zero-order chi connectivity index (χ0) is 14.8. The van der Waals surface area contributed by atoms with Crippen molar-refractivity contribution in [2.24, 2.45) is 0 Å². The summed E-state index contributed by atoms with van der Waals surface area (Å²) < 4.78 is 0.853. The second-order valence-electron chi connectivity index (χ2n) is 5.99. The molecule has 110 valence electrons.